The van der Waals surface area contributed by atoms with Gasteiger partial charge < -0.3 is 24.2 Å². The molecule has 1 aliphatic heterocycles. The van der Waals surface area contributed by atoms with E-state index in [-0.39, 0.29) is 11.8 Å². The zero-order valence-corrected chi connectivity index (χ0v) is 28.6. The topological polar surface area (TPSA) is 85.7 Å². The molecule has 2 amide bonds. The molecule has 10 heteroatoms. The van der Waals surface area contributed by atoms with E-state index >= 15 is 0 Å². The molecule has 0 unspecified atom stereocenters. The van der Waals surface area contributed by atoms with Gasteiger partial charge in [0.05, 0.1) is 59.3 Å². The van der Waals surface area contributed by atoms with Gasteiger partial charge in [-0.15, -0.1) is 0 Å². The van der Waals surface area contributed by atoms with Gasteiger partial charge >= 0.3 is 0 Å². The van der Waals surface area contributed by atoms with Crippen LogP contribution in [0.1, 0.15) is 43.2 Å². The fraction of sp³-hybridized carbons (Fsp3) is 0.378. The van der Waals surface area contributed by atoms with Crippen LogP contribution in [-0.4, -0.2) is 73.5 Å². The molecule has 3 aromatic carbocycles. The molecule has 1 aromatic heterocycles. The van der Waals surface area contributed by atoms with Crippen LogP contribution in [0.2, 0.25) is 5.02 Å². The van der Waals surface area contributed by atoms with Gasteiger partial charge in [-0.3, -0.25) is 14.3 Å². The van der Waals surface area contributed by atoms with E-state index in [1.807, 2.05) is 89.6 Å². The van der Waals surface area contributed by atoms with Crippen molar-refractivity contribution >= 4 is 34.8 Å². The van der Waals surface area contributed by atoms with Crippen molar-refractivity contribution in [2.45, 2.75) is 45.6 Å². The number of ether oxygens (including phenoxy) is 2. The third-order valence-electron chi connectivity index (χ3n) is 8.10. The van der Waals surface area contributed by atoms with Crippen LogP contribution in [0.5, 0.6) is 11.5 Å². The fourth-order valence-corrected chi connectivity index (χ4v) is 5.80. The van der Waals surface area contributed by atoms with E-state index in [0.29, 0.717) is 56.3 Å². The Morgan fingerprint density at radius 3 is 2.68 bits per heavy atom. The van der Waals surface area contributed by atoms with Crippen molar-refractivity contribution in [3.05, 3.63) is 89.2 Å². The van der Waals surface area contributed by atoms with Crippen molar-refractivity contribution in [3.63, 3.8) is 0 Å². The summed E-state index contributed by atoms with van der Waals surface area (Å²) in [5.41, 5.74) is 5.27. The summed E-state index contributed by atoms with van der Waals surface area (Å²) in [6, 6.07) is 19.4. The van der Waals surface area contributed by atoms with Gasteiger partial charge in [0.1, 0.15) is 5.75 Å². The van der Waals surface area contributed by atoms with Gasteiger partial charge in [-0.1, -0.05) is 41.9 Å². The molecule has 0 saturated carbocycles. The van der Waals surface area contributed by atoms with E-state index < -0.39 is 0 Å². The molecule has 0 bridgehead atoms. The van der Waals surface area contributed by atoms with E-state index in [1.165, 1.54) is 0 Å². The average molecular weight is 659 g/mol. The lowest BCUT2D eigenvalue weighted by molar-refractivity contribution is -0.870. The third-order valence-corrected chi connectivity index (χ3v) is 8.51. The second-order valence-corrected chi connectivity index (χ2v) is 13.4. The summed E-state index contributed by atoms with van der Waals surface area (Å²) in [6.07, 6.45) is 6.82. The predicted molar refractivity (Wildman–Crippen MR) is 187 cm³/mol. The maximum atomic E-state index is 13.4. The first-order valence-electron chi connectivity index (χ1n) is 16.2. The smallest absolute Gasteiger partial charge is 0.227 e. The van der Waals surface area contributed by atoms with Crippen molar-refractivity contribution in [1.82, 2.24) is 9.78 Å². The Balaban J connectivity index is 1.22. The van der Waals surface area contributed by atoms with Gasteiger partial charge in [0, 0.05) is 59.4 Å². The highest BCUT2D eigenvalue weighted by atomic mass is 35.5. The lowest BCUT2D eigenvalue weighted by Crippen LogP contribution is -2.35. The number of hydrogen-bond acceptors (Lipinski definition) is 5. The third kappa shape index (κ3) is 9.36. The molecular weight excluding hydrogens is 614 g/mol. The number of anilines is 2. The lowest BCUT2D eigenvalue weighted by atomic mass is 10.1. The molecule has 0 atom stereocenters. The monoisotopic (exact) mass is 658 g/mol. The first kappa shape index (κ1) is 34.0. The molecule has 4 aromatic rings. The minimum absolute atomic E-state index is 0.0234. The van der Waals surface area contributed by atoms with Crippen LogP contribution >= 0.6 is 11.6 Å². The number of carbonyl (C=O) groups is 2. The number of nitrogens with one attached hydrogen (secondary N) is 1. The molecule has 47 heavy (non-hydrogen) atoms. The minimum atomic E-state index is 0.0234. The highest BCUT2D eigenvalue weighted by Gasteiger charge is 2.25. The number of rotatable bonds is 13. The first-order chi connectivity index (χ1) is 22.6. The van der Waals surface area contributed by atoms with Gasteiger partial charge in [-0.25, -0.2) is 0 Å². The normalized spacial score (nSPS) is 13.0. The number of nitrogens with zero attached hydrogens (tertiary/aromatic N) is 4. The van der Waals surface area contributed by atoms with Crippen molar-refractivity contribution in [1.29, 1.82) is 0 Å². The molecule has 5 rings (SSSR count). The first-order valence-corrected chi connectivity index (χ1v) is 16.6. The van der Waals surface area contributed by atoms with E-state index in [4.69, 9.17) is 21.1 Å². The highest BCUT2D eigenvalue weighted by molar-refractivity contribution is 6.31. The quantitative estimate of drug-likeness (QED) is 0.124. The van der Waals surface area contributed by atoms with E-state index in [1.54, 1.807) is 0 Å². The van der Waals surface area contributed by atoms with Crippen molar-refractivity contribution in [2.24, 2.45) is 0 Å². The Kier molecular flexibility index (Phi) is 11.2. The molecule has 9 nitrogen and oxygen atoms in total. The van der Waals surface area contributed by atoms with E-state index in [2.05, 4.69) is 31.6 Å². The van der Waals surface area contributed by atoms with Crippen LogP contribution in [0.3, 0.4) is 0 Å². The largest absolute Gasteiger partial charge is 0.493 e. The molecule has 0 saturated heterocycles. The fourth-order valence-electron chi connectivity index (χ4n) is 5.64. The Bertz CT molecular complexity index is 1700. The summed E-state index contributed by atoms with van der Waals surface area (Å²) >= 11 is 6.21. The molecule has 2 heterocycles. The number of carbonyl (C=O) groups excluding carboxylic acids is 2. The van der Waals surface area contributed by atoms with Gasteiger partial charge in [0.15, 0.2) is 5.75 Å². The van der Waals surface area contributed by atoms with Crippen LogP contribution in [-0.2, 0) is 16.1 Å². The summed E-state index contributed by atoms with van der Waals surface area (Å²) in [4.78, 5) is 27.8. The zero-order valence-electron chi connectivity index (χ0n) is 27.8. The number of aromatic nitrogens is 2. The molecule has 1 N–H and O–H groups in total. The highest BCUT2D eigenvalue weighted by Crippen LogP contribution is 2.40. The summed E-state index contributed by atoms with van der Waals surface area (Å²) in [6.45, 7) is 4.95. The number of fused-ring (bicyclic) bond motifs is 1. The molecule has 0 aliphatic carbocycles. The number of benzene rings is 3. The SMILES string of the molecule is Cc1c(Cl)cccc1OCCCC(=O)N1CCCOc2c(-c3cnn(Cc4cccc(NC(=O)CCC[N+](C)(C)C)c4)c3)cccc21. The Hall–Kier alpha value is -4.34. The van der Waals surface area contributed by atoms with Crippen LogP contribution < -0.4 is 19.7 Å². The number of para-hydroxylation sites is 1. The van der Waals surface area contributed by atoms with Crippen LogP contribution in [0, 0.1) is 6.92 Å². The van der Waals surface area contributed by atoms with Crippen molar-refractivity contribution in [2.75, 3.05) is 57.7 Å². The van der Waals surface area contributed by atoms with E-state index in [0.717, 1.165) is 63.2 Å². The van der Waals surface area contributed by atoms with Crippen molar-refractivity contribution < 1.29 is 23.5 Å². The second kappa shape index (κ2) is 15.5. The number of hydrogen-bond donors (Lipinski definition) is 1. The zero-order chi connectivity index (χ0) is 33.4. The van der Waals surface area contributed by atoms with Crippen LogP contribution in [0.4, 0.5) is 11.4 Å². The standard InChI is InChI=1S/C37H44ClN5O4/c1-27-32(38)14-7-16-34(27)46-21-9-18-36(45)42-19-10-22-47-37-31(13-6-15-33(37)42)29-24-39-41(26-29)25-28-11-5-12-30(23-28)40-35(44)17-8-20-43(2,3)4/h5-7,11-16,23-24,26H,8-10,17-22,25H2,1-4H3/p+1. The maximum absolute atomic E-state index is 13.4. The number of halogens is 1. The molecule has 0 fully saturated rings. The van der Waals surface area contributed by atoms with Gasteiger partial charge in [-0.05, 0) is 55.7 Å². The minimum Gasteiger partial charge on any atom is -0.493 e. The van der Waals surface area contributed by atoms with Gasteiger partial charge in [0.2, 0.25) is 11.8 Å². The number of amides is 2. The predicted octanol–water partition coefficient (Wildman–Crippen LogP) is 6.96. The maximum Gasteiger partial charge on any atom is 0.227 e. The molecule has 1 aliphatic rings. The van der Waals surface area contributed by atoms with Gasteiger partial charge in [0.25, 0.3) is 0 Å². The second-order valence-electron chi connectivity index (χ2n) is 13.0. The van der Waals surface area contributed by atoms with Crippen molar-refractivity contribution in [3.8, 4) is 22.6 Å². The molecule has 0 radical (unpaired) electrons. The summed E-state index contributed by atoms with van der Waals surface area (Å²) in [7, 11) is 6.38. The molecular formula is C37H45ClN5O4+. The summed E-state index contributed by atoms with van der Waals surface area (Å²) in [5.74, 6) is 1.50. The Morgan fingerprint density at radius 2 is 1.85 bits per heavy atom. The van der Waals surface area contributed by atoms with Crippen LogP contribution in [0.25, 0.3) is 11.1 Å². The Morgan fingerprint density at radius 1 is 1.04 bits per heavy atom. The number of quaternary nitrogens is 1. The summed E-state index contributed by atoms with van der Waals surface area (Å²) < 4.78 is 14.9. The van der Waals surface area contributed by atoms with Crippen LogP contribution in [0.15, 0.2) is 73.1 Å². The summed E-state index contributed by atoms with van der Waals surface area (Å²) in [5, 5.41) is 8.32. The van der Waals surface area contributed by atoms with Gasteiger partial charge in [-0.2, -0.15) is 5.10 Å². The lowest BCUT2D eigenvalue weighted by Gasteiger charge is -2.23. The molecule has 0 spiro atoms. The van der Waals surface area contributed by atoms with E-state index in [9.17, 15) is 9.59 Å². The average Bonchev–Trinajstić information content (AvgIpc) is 3.37. The molecule has 248 valence electrons. The Labute approximate surface area is 282 Å².